The molecule has 1 aliphatic carbocycles. The van der Waals surface area contributed by atoms with Gasteiger partial charge < -0.3 is 16.0 Å². The van der Waals surface area contributed by atoms with Gasteiger partial charge in [-0.15, -0.1) is 0 Å². The first-order valence-corrected chi connectivity index (χ1v) is 9.20. The Bertz CT molecular complexity index is 1110. The highest BCUT2D eigenvalue weighted by Gasteiger charge is 2.26. The van der Waals surface area contributed by atoms with Crippen molar-refractivity contribution >= 4 is 22.7 Å². The number of aromatic amines is 2. The summed E-state index contributed by atoms with van der Waals surface area (Å²) in [5.74, 6) is 1.55. The highest BCUT2D eigenvalue weighted by molar-refractivity contribution is 5.83. The molecule has 7 heteroatoms. The van der Waals surface area contributed by atoms with E-state index in [2.05, 4.69) is 61.7 Å². The fourth-order valence-corrected chi connectivity index (χ4v) is 3.50. The van der Waals surface area contributed by atoms with Crippen molar-refractivity contribution in [2.75, 3.05) is 11.1 Å². The van der Waals surface area contributed by atoms with Crippen molar-refractivity contribution in [2.45, 2.75) is 31.7 Å². The number of fused-ring (bicyclic) bond motifs is 1. The molecule has 0 aliphatic heterocycles. The fraction of sp³-hybridized carbons (Fsp3) is 0.250. The first-order chi connectivity index (χ1) is 13.2. The average Bonchev–Trinajstić information content (AvgIpc) is 3.20. The monoisotopic (exact) mass is 359 g/mol. The summed E-state index contributed by atoms with van der Waals surface area (Å²) >= 11 is 0. The van der Waals surface area contributed by atoms with E-state index in [0.29, 0.717) is 17.7 Å². The number of rotatable bonds is 5. The smallest absolute Gasteiger partial charge is 0.225 e. The molecule has 1 fully saturated rings. The number of nitrogens with two attached hydrogens (primary N) is 1. The number of hydrogen-bond donors (Lipinski definition) is 4. The predicted molar refractivity (Wildman–Crippen MR) is 106 cm³/mol. The SMILES string of the molecule is C[C@@H](Nc1ncc(-c2cc(C3CC3)[nH]n2)c(N)n1)c1cccc2[nH]ccc12. The van der Waals surface area contributed by atoms with E-state index in [1.807, 2.05) is 12.3 Å². The first-order valence-electron chi connectivity index (χ1n) is 9.20. The number of nitrogens with one attached hydrogen (secondary N) is 3. The van der Waals surface area contributed by atoms with Gasteiger partial charge in [0.25, 0.3) is 0 Å². The van der Waals surface area contributed by atoms with Crippen LogP contribution in [0, 0.1) is 0 Å². The van der Waals surface area contributed by atoms with E-state index < -0.39 is 0 Å². The number of hydrogen-bond acceptors (Lipinski definition) is 5. The van der Waals surface area contributed by atoms with Gasteiger partial charge in [0.2, 0.25) is 5.95 Å². The molecule has 7 nitrogen and oxygen atoms in total. The van der Waals surface area contributed by atoms with E-state index in [0.717, 1.165) is 16.8 Å². The van der Waals surface area contributed by atoms with Crippen LogP contribution in [0.5, 0.6) is 0 Å². The molecule has 5 rings (SSSR count). The van der Waals surface area contributed by atoms with Gasteiger partial charge in [0.1, 0.15) is 5.82 Å². The number of benzene rings is 1. The van der Waals surface area contributed by atoms with E-state index in [4.69, 9.17) is 5.73 Å². The lowest BCUT2D eigenvalue weighted by Gasteiger charge is -2.16. The van der Waals surface area contributed by atoms with Crippen LogP contribution in [0.3, 0.4) is 0 Å². The first kappa shape index (κ1) is 15.9. The van der Waals surface area contributed by atoms with Crippen molar-refractivity contribution in [2.24, 2.45) is 0 Å². The lowest BCUT2D eigenvalue weighted by Crippen LogP contribution is -2.11. The minimum absolute atomic E-state index is 0.0432. The van der Waals surface area contributed by atoms with Crippen LogP contribution in [-0.4, -0.2) is 25.1 Å². The van der Waals surface area contributed by atoms with Gasteiger partial charge in [0, 0.05) is 34.9 Å². The maximum absolute atomic E-state index is 6.19. The summed E-state index contributed by atoms with van der Waals surface area (Å²) in [5, 5.41) is 12.0. The van der Waals surface area contributed by atoms with Crippen LogP contribution in [0.1, 0.15) is 43.0 Å². The second kappa shape index (κ2) is 6.12. The van der Waals surface area contributed by atoms with Crippen molar-refractivity contribution in [1.82, 2.24) is 25.1 Å². The molecule has 0 amide bonds. The zero-order chi connectivity index (χ0) is 18.4. The Kier molecular flexibility index (Phi) is 3.60. The summed E-state index contributed by atoms with van der Waals surface area (Å²) in [6.07, 6.45) is 6.13. The van der Waals surface area contributed by atoms with Gasteiger partial charge in [-0.25, -0.2) is 4.98 Å². The molecule has 136 valence electrons. The molecule has 0 spiro atoms. The van der Waals surface area contributed by atoms with E-state index in [1.54, 1.807) is 6.20 Å². The molecule has 5 N–H and O–H groups in total. The molecule has 0 saturated heterocycles. The van der Waals surface area contributed by atoms with Crippen LogP contribution in [0.4, 0.5) is 11.8 Å². The molecular formula is C20H21N7. The summed E-state index contributed by atoms with van der Waals surface area (Å²) in [5.41, 5.74) is 11.2. The molecule has 0 unspecified atom stereocenters. The predicted octanol–water partition coefficient (Wildman–Crippen LogP) is 3.98. The molecule has 1 aliphatic rings. The van der Waals surface area contributed by atoms with Gasteiger partial charge in [-0.2, -0.15) is 10.1 Å². The Balaban J connectivity index is 1.39. The molecule has 0 bridgehead atoms. The minimum Gasteiger partial charge on any atom is -0.383 e. The van der Waals surface area contributed by atoms with Crippen molar-refractivity contribution < 1.29 is 0 Å². The normalized spacial score (nSPS) is 15.1. The summed E-state index contributed by atoms with van der Waals surface area (Å²) in [6.45, 7) is 2.09. The largest absolute Gasteiger partial charge is 0.383 e. The number of aromatic nitrogens is 5. The maximum Gasteiger partial charge on any atom is 0.225 e. The third-order valence-corrected chi connectivity index (χ3v) is 5.15. The van der Waals surface area contributed by atoms with Crippen molar-refractivity contribution in [3.05, 3.63) is 54.0 Å². The highest BCUT2D eigenvalue weighted by Crippen LogP contribution is 2.40. The molecule has 3 heterocycles. The van der Waals surface area contributed by atoms with Crippen LogP contribution in [-0.2, 0) is 0 Å². The molecular weight excluding hydrogens is 338 g/mol. The third-order valence-electron chi connectivity index (χ3n) is 5.15. The molecule has 4 aromatic rings. The quantitative estimate of drug-likeness (QED) is 0.431. The number of H-pyrrole nitrogens is 2. The van der Waals surface area contributed by atoms with E-state index in [9.17, 15) is 0 Å². The van der Waals surface area contributed by atoms with Crippen molar-refractivity contribution in [3.63, 3.8) is 0 Å². The molecule has 1 saturated carbocycles. The van der Waals surface area contributed by atoms with Crippen molar-refractivity contribution in [1.29, 1.82) is 0 Å². The van der Waals surface area contributed by atoms with Gasteiger partial charge in [-0.3, -0.25) is 5.10 Å². The zero-order valence-corrected chi connectivity index (χ0v) is 15.0. The Morgan fingerprint density at radius 3 is 2.96 bits per heavy atom. The second-order valence-electron chi connectivity index (χ2n) is 7.13. The summed E-state index contributed by atoms with van der Waals surface area (Å²) in [4.78, 5) is 12.1. The second-order valence-corrected chi connectivity index (χ2v) is 7.13. The van der Waals surface area contributed by atoms with Gasteiger partial charge in [-0.1, -0.05) is 12.1 Å². The number of anilines is 2. The Morgan fingerprint density at radius 2 is 2.15 bits per heavy atom. The van der Waals surface area contributed by atoms with Gasteiger partial charge >= 0.3 is 0 Å². The number of nitrogen functional groups attached to an aromatic ring is 1. The van der Waals surface area contributed by atoms with Crippen LogP contribution < -0.4 is 11.1 Å². The highest BCUT2D eigenvalue weighted by atomic mass is 15.2. The van der Waals surface area contributed by atoms with Gasteiger partial charge in [-0.05, 0) is 43.5 Å². The average molecular weight is 359 g/mol. The summed E-state index contributed by atoms with van der Waals surface area (Å²) in [7, 11) is 0. The topological polar surface area (TPSA) is 108 Å². The van der Waals surface area contributed by atoms with Crippen LogP contribution in [0.15, 0.2) is 42.7 Å². The molecule has 27 heavy (non-hydrogen) atoms. The standard InChI is InChI=1S/C20H21N7/c1-11(13-3-2-4-16-14(13)7-8-22-16)24-20-23-10-15(19(21)25-20)18-9-17(26-27-18)12-5-6-12/h2-4,7-12,22H,5-6H2,1H3,(H,26,27)(H3,21,23,24,25)/t11-/m1/s1. The summed E-state index contributed by atoms with van der Waals surface area (Å²) < 4.78 is 0. The van der Waals surface area contributed by atoms with E-state index in [1.165, 1.54) is 29.5 Å². The molecule has 1 aromatic carbocycles. The minimum atomic E-state index is 0.0432. The fourth-order valence-electron chi connectivity index (χ4n) is 3.50. The summed E-state index contributed by atoms with van der Waals surface area (Å²) in [6, 6.07) is 10.4. The van der Waals surface area contributed by atoms with Crippen LogP contribution >= 0.6 is 0 Å². The zero-order valence-electron chi connectivity index (χ0n) is 15.0. The Morgan fingerprint density at radius 1 is 1.26 bits per heavy atom. The van der Waals surface area contributed by atoms with E-state index >= 15 is 0 Å². The van der Waals surface area contributed by atoms with Crippen molar-refractivity contribution in [3.8, 4) is 11.3 Å². The van der Waals surface area contributed by atoms with Gasteiger partial charge in [0.15, 0.2) is 0 Å². The van der Waals surface area contributed by atoms with Gasteiger partial charge in [0.05, 0.1) is 17.3 Å². The van der Waals surface area contributed by atoms with E-state index in [-0.39, 0.29) is 6.04 Å². The Labute approximate surface area is 156 Å². The lowest BCUT2D eigenvalue weighted by molar-refractivity contribution is 0.870. The molecule has 3 aromatic heterocycles. The lowest BCUT2D eigenvalue weighted by atomic mass is 10.0. The number of nitrogens with zero attached hydrogens (tertiary/aromatic N) is 3. The third kappa shape index (κ3) is 2.91. The Hall–Kier alpha value is -3.35. The van der Waals surface area contributed by atoms with Crippen LogP contribution in [0.25, 0.3) is 22.2 Å². The maximum atomic E-state index is 6.19. The molecule has 0 radical (unpaired) electrons. The van der Waals surface area contributed by atoms with Crippen LogP contribution in [0.2, 0.25) is 0 Å². The molecule has 1 atom stereocenters.